The Kier molecular flexibility index (Phi) is 6.53. The van der Waals surface area contributed by atoms with Crippen LogP contribution in [0.3, 0.4) is 0 Å². The summed E-state index contributed by atoms with van der Waals surface area (Å²) in [7, 11) is 0. The largest absolute Gasteiger partial charge is 0.465 e. The quantitative estimate of drug-likeness (QED) is 0.328. The van der Waals surface area contributed by atoms with Crippen LogP contribution in [0.4, 0.5) is 4.79 Å². The van der Waals surface area contributed by atoms with E-state index >= 15 is 0 Å². The summed E-state index contributed by atoms with van der Waals surface area (Å²) in [5, 5.41) is 0.532. The van der Waals surface area contributed by atoms with Crippen LogP contribution in [0.2, 0.25) is 0 Å². The molecule has 2 amide bonds. The molecule has 164 valence electrons. The van der Waals surface area contributed by atoms with Crippen molar-refractivity contribution in [1.82, 2.24) is 9.47 Å². The zero-order valence-corrected chi connectivity index (χ0v) is 20.0. The number of hydrogen-bond donors (Lipinski definition) is 0. The van der Waals surface area contributed by atoms with E-state index in [0.717, 1.165) is 48.9 Å². The smallest absolute Gasteiger partial charge is 0.326 e. The molecule has 6 nitrogen and oxygen atoms in total. The molecule has 0 unspecified atom stereocenters. The van der Waals surface area contributed by atoms with E-state index in [1.807, 2.05) is 43.3 Å². The summed E-state index contributed by atoms with van der Waals surface area (Å²) in [5.41, 5.74) is 4.08. The Labute approximate surface area is 198 Å². The van der Waals surface area contributed by atoms with Gasteiger partial charge < -0.3 is 9.30 Å². The van der Waals surface area contributed by atoms with Crippen LogP contribution in [0.5, 0.6) is 0 Å². The molecule has 2 heterocycles. The van der Waals surface area contributed by atoms with Gasteiger partial charge in [0.05, 0.1) is 11.5 Å². The third kappa shape index (κ3) is 4.38. The van der Waals surface area contributed by atoms with Crippen LogP contribution in [-0.4, -0.2) is 39.7 Å². The van der Waals surface area contributed by atoms with Crippen molar-refractivity contribution in [2.45, 2.75) is 20.4 Å². The van der Waals surface area contributed by atoms with Gasteiger partial charge >= 0.3 is 5.97 Å². The number of imide groups is 1. The Morgan fingerprint density at radius 2 is 1.84 bits per heavy atom. The molecule has 4 rings (SSSR count). The van der Waals surface area contributed by atoms with Crippen LogP contribution in [0.1, 0.15) is 23.7 Å². The summed E-state index contributed by atoms with van der Waals surface area (Å²) in [6, 6.07) is 16.2. The van der Waals surface area contributed by atoms with E-state index in [4.69, 9.17) is 4.74 Å². The number of amides is 2. The standard InChI is InChI=1S/C24H21BrN2O4S/c1-3-31-22(28)14-27-23(29)21(32-24(27)30)12-19-15(2)26(20-7-5-4-6-18(19)20)13-16-8-10-17(25)11-9-16/h4-12H,3,13-14H2,1-2H3. The van der Waals surface area contributed by atoms with Crippen molar-refractivity contribution in [2.75, 3.05) is 13.2 Å². The van der Waals surface area contributed by atoms with Crippen LogP contribution in [0.25, 0.3) is 17.0 Å². The molecule has 0 aliphatic carbocycles. The first kappa shape index (κ1) is 22.4. The number of para-hydroxylation sites is 1. The molecular formula is C24H21BrN2O4S. The molecule has 2 aromatic carbocycles. The van der Waals surface area contributed by atoms with Crippen LogP contribution in [-0.2, 0) is 20.9 Å². The number of carbonyl (C=O) groups excluding carboxylic acids is 3. The van der Waals surface area contributed by atoms with E-state index in [1.165, 1.54) is 0 Å². The van der Waals surface area contributed by atoms with Crippen LogP contribution >= 0.6 is 27.7 Å². The first-order chi connectivity index (χ1) is 15.4. The molecule has 0 atom stereocenters. The Morgan fingerprint density at radius 1 is 1.12 bits per heavy atom. The van der Waals surface area contributed by atoms with Crippen LogP contribution in [0.15, 0.2) is 57.9 Å². The van der Waals surface area contributed by atoms with Gasteiger partial charge in [-0.3, -0.25) is 19.3 Å². The molecule has 1 saturated heterocycles. The van der Waals surface area contributed by atoms with Crippen molar-refractivity contribution >= 4 is 61.8 Å². The monoisotopic (exact) mass is 512 g/mol. The highest BCUT2D eigenvalue weighted by Gasteiger charge is 2.37. The van der Waals surface area contributed by atoms with E-state index < -0.39 is 17.1 Å². The van der Waals surface area contributed by atoms with Gasteiger partial charge in [0.15, 0.2) is 0 Å². The van der Waals surface area contributed by atoms with Crippen LogP contribution < -0.4 is 0 Å². The van der Waals surface area contributed by atoms with Gasteiger partial charge in [0.25, 0.3) is 11.1 Å². The molecule has 3 aromatic rings. The summed E-state index contributed by atoms with van der Waals surface area (Å²) in [6.45, 7) is 4.19. The number of fused-ring (bicyclic) bond motifs is 1. The lowest BCUT2D eigenvalue weighted by Crippen LogP contribution is -2.34. The lowest BCUT2D eigenvalue weighted by Gasteiger charge is -2.10. The Hall–Kier alpha value is -2.84. The van der Waals surface area contributed by atoms with Crippen molar-refractivity contribution in [2.24, 2.45) is 0 Å². The highest BCUT2D eigenvalue weighted by Crippen LogP contribution is 2.35. The van der Waals surface area contributed by atoms with Gasteiger partial charge in [-0.05, 0) is 55.4 Å². The zero-order valence-electron chi connectivity index (χ0n) is 17.6. The first-order valence-electron chi connectivity index (χ1n) is 10.1. The molecular weight excluding hydrogens is 492 g/mol. The number of thioether (sulfide) groups is 1. The van der Waals surface area contributed by atoms with Crippen molar-refractivity contribution < 1.29 is 19.1 Å². The normalized spacial score (nSPS) is 15.2. The number of halogens is 1. The minimum absolute atomic E-state index is 0.196. The average Bonchev–Trinajstić information content (AvgIpc) is 3.19. The van der Waals surface area contributed by atoms with E-state index in [-0.39, 0.29) is 13.2 Å². The molecule has 0 N–H and O–H groups in total. The Bertz CT molecular complexity index is 1250. The topological polar surface area (TPSA) is 68.6 Å². The molecule has 1 aromatic heterocycles. The zero-order chi connectivity index (χ0) is 22.8. The molecule has 0 saturated carbocycles. The molecule has 1 fully saturated rings. The second-order valence-electron chi connectivity index (χ2n) is 7.30. The number of esters is 1. The van der Waals surface area contributed by atoms with Crippen molar-refractivity contribution in [1.29, 1.82) is 0 Å². The van der Waals surface area contributed by atoms with Crippen molar-refractivity contribution in [3.05, 3.63) is 74.7 Å². The second kappa shape index (κ2) is 9.34. The van der Waals surface area contributed by atoms with E-state index in [1.54, 1.807) is 13.0 Å². The fraction of sp³-hybridized carbons (Fsp3) is 0.208. The number of rotatable bonds is 6. The SMILES string of the molecule is CCOC(=O)CN1C(=O)SC(=Cc2c(C)n(Cc3ccc(Br)cc3)c3ccccc23)C1=O. The van der Waals surface area contributed by atoms with Gasteiger partial charge in [-0.25, -0.2) is 0 Å². The lowest BCUT2D eigenvalue weighted by molar-refractivity contribution is -0.145. The number of aromatic nitrogens is 1. The fourth-order valence-corrected chi connectivity index (χ4v) is 4.80. The fourth-order valence-electron chi connectivity index (χ4n) is 3.72. The molecule has 0 bridgehead atoms. The van der Waals surface area contributed by atoms with E-state index in [2.05, 4.69) is 32.6 Å². The van der Waals surface area contributed by atoms with Gasteiger partial charge in [0, 0.05) is 33.2 Å². The number of ether oxygens (including phenoxy) is 1. The third-order valence-electron chi connectivity index (χ3n) is 5.28. The maximum Gasteiger partial charge on any atom is 0.326 e. The predicted octanol–water partition coefficient (Wildman–Crippen LogP) is 5.36. The minimum atomic E-state index is -0.599. The van der Waals surface area contributed by atoms with E-state index in [9.17, 15) is 14.4 Å². The van der Waals surface area contributed by atoms with Gasteiger partial charge in [-0.15, -0.1) is 0 Å². The van der Waals surface area contributed by atoms with Gasteiger partial charge in [-0.2, -0.15) is 0 Å². The molecule has 1 aliphatic heterocycles. The number of carbonyl (C=O) groups is 3. The Morgan fingerprint density at radius 3 is 2.56 bits per heavy atom. The summed E-state index contributed by atoms with van der Waals surface area (Å²) in [5.74, 6) is -1.07. The minimum Gasteiger partial charge on any atom is -0.465 e. The van der Waals surface area contributed by atoms with Gasteiger partial charge in [0.2, 0.25) is 0 Å². The molecule has 0 spiro atoms. The maximum atomic E-state index is 12.8. The summed E-state index contributed by atoms with van der Waals surface area (Å²) >= 11 is 4.31. The van der Waals surface area contributed by atoms with Gasteiger partial charge in [-0.1, -0.05) is 46.3 Å². The first-order valence-corrected chi connectivity index (χ1v) is 11.7. The lowest BCUT2D eigenvalue weighted by atomic mass is 10.1. The molecule has 8 heteroatoms. The summed E-state index contributed by atoms with van der Waals surface area (Å²) in [4.78, 5) is 38.2. The van der Waals surface area contributed by atoms with Crippen molar-refractivity contribution in [3.8, 4) is 0 Å². The van der Waals surface area contributed by atoms with Gasteiger partial charge in [0.1, 0.15) is 6.54 Å². The number of nitrogens with zero attached hydrogens (tertiary/aromatic N) is 2. The maximum absolute atomic E-state index is 12.8. The predicted molar refractivity (Wildman–Crippen MR) is 129 cm³/mol. The molecule has 1 aliphatic rings. The van der Waals surface area contributed by atoms with Crippen LogP contribution in [0, 0.1) is 6.92 Å². The summed E-state index contributed by atoms with van der Waals surface area (Å²) in [6.07, 6.45) is 1.76. The molecule has 32 heavy (non-hydrogen) atoms. The highest BCUT2D eigenvalue weighted by molar-refractivity contribution is 9.10. The second-order valence-corrected chi connectivity index (χ2v) is 9.21. The molecule has 0 radical (unpaired) electrons. The number of benzene rings is 2. The summed E-state index contributed by atoms with van der Waals surface area (Å²) < 4.78 is 8.10. The van der Waals surface area contributed by atoms with Crippen molar-refractivity contribution in [3.63, 3.8) is 0 Å². The Balaban J connectivity index is 1.70. The highest BCUT2D eigenvalue weighted by atomic mass is 79.9. The van der Waals surface area contributed by atoms with E-state index in [0.29, 0.717) is 11.4 Å². The average molecular weight is 513 g/mol. The number of hydrogen-bond acceptors (Lipinski definition) is 5. The third-order valence-corrected chi connectivity index (χ3v) is 6.71.